The summed E-state index contributed by atoms with van der Waals surface area (Å²) >= 11 is 0. The van der Waals surface area contributed by atoms with Crippen LogP contribution in [0.25, 0.3) is 0 Å². The van der Waals surface area contributed by atoms with E-state index in [0.29, 0.717) is 0 Å². The molecule has 0 spiro atoms. The number of aryl methyl sites for hydroxylation is 1. The van der Waals surface area contributed by atoms with Crippen molar-refractivity contribution in [2.75, 3.05) is 0 Å². The zero-order valence-electron chi connectivity index (χ0n) is 7.94. The second-order valence-electron chi connectivity index (χ2n) is 3.04. The van der Waals surface area contributed by atoms with Crippen molar-refractivity contribution in [2.45, 2.75) is 6.92 Å². The Morgan fingerprint density at radius 2 is 2.21 bits per heavy atom. The summed E-state index contributed by atoms with van der Waals surface area (Å²) in [4.78, 5) is 8.41. The molecule has 0 bridgehead atoms. The fourth-order valence-electron chi connectivity index (χ4n) is 1.17. The highest BCUT2D eigenvalue weighted by Gasteiger charge is 1.90. The zero-order valence-corrected chi connectivity index (χ0v) is 8.94. The van der Waals surface area contributed by atoms with Crippen molar-refractivity contribution < 1.29 is 0 Å². The van der Waals surface area contributed by atoms with Crippen molar-refractivity contribution in [3.05, 3.63) is 47.1 Å². The van der Waals surface area contributed by atoms with Crippen molar-refractivity contribution in [3.63, 3.8) is 0 Å². The van der Waals surface area contributed by atoms with Crippen molar-refractivity contribution in [1.29, 1.82) is 0 Å². The molecule has 3 heteroatoms. The van der Waals surface area contributed by atoms with Gasteiger partial charge in [0.25, 0.3) is 0 Å². The zero-order chi connectivity index (χ0) is 9.80. The number of hydrogen-bond acceptors (Lipinski definition) is 2. The van der Waals surface area contributed by atoms with Crippen molar-refractivity contribution in [2.24, 2.45) is 4.99 Å². The molecule has 0 aliphatic rings. The summed E-state index contributed by atoms with van der Waals surface area (Å²) < 4.78 is 0. The fraction of sp³-hybridized carbons (Fsp3) is 0.0909. The van der Waals surface area contributed by atoms with Crippen LogP contribution in [-0.4, -0.2) is 11.2 Å². The Hall–Kier alpha value is -1.40. The maximum absolute atomic E-state index is 4.29. The molecular weight excluding hydrogens is 191 g/mol. The molecular formula is C11H11N2P. The summed E-state index contributed by atoms with van der Waals surface area (Å²) in [5, 5.41) is 2.68. The van der Waals surface area contributed by atoms with Crippen molar-refractivity contribution >= 4 is 20.2 Å². The van der Waals surface area contributed by atoms with E-state index in [1.807, 2.05) is 24.4 Å². The molecule has 0 aliphatic carbocycles. The van der Waals surface area contributed by atoms with Crippen LogP contribution in [0.2, 0.25) is 0 Å². The van der Waals surface area contributed by atoms with Gasteiger partial charge >= 0.3 is 0 Å². The smallest absolute Gasteiger partial charge is 0.151 e. The average Bonchev–Trinajstić information content (AvgIpc) is 2.63. The fourth-order valence-corrected chi connectivity index (χ4v) is 2.08. The molecule has 0 saturated carbocycles. The molecule has 2 heterocycles. The van der Waals surface area contributed by atoms with E-state index in [9.17, 15) is 0 Å². The molecule has 2 aromatic rings. The van der Waals surface area contributed by atoms with Gasteiger partial charge in [0.1, 0.15) is 0 Å². The van der Waals surface area contributed by atoms with Crippen LogP contribution in [0.4, 0.5) is 5.82 Å². The lowest BCUT2D eigenvalue weighted by molar-refractivity contribution is 1.28. The molecule has 14 heavy (non-hydrogen) atoms. The summed E-state index contributed by atoms with van der Waals surface area (Å²) in [6, 6.07) is 9.98. The predicted molar refractivity (Wildman–Crippen MR) is 62.2 cm³/mol. The van der Waals surface area contributed by atoms with Crippen LogP contribution in [0.5, 0.6) is 0 Å². The van der Waals surface area contributed by atoms with Crippen LogP contribution < -0.4 is 0 Å². The highest BCUT2D eigenvalue weighted by Crippen LogP contribution is 2.19. The maximum atomic E-state index is 4.29. The molecule has 1 unspecified atom stereocenters. The van der Waals surface area contributed by atoms with Crippen LogP contribution in [0, 0.1) is 6.92 Å². The molecule has 0 radical (unpaired) electrons. The molecule has 2 aromatic heterocycles. The normalized spacial score (nSPS) is 11.5. The first-order valence-electron chi connectivity index (χ1n) is 4.45. The standard InChI is InChI=1S/C11H11N2P/c1-9-5-6-10(14-9)8-13-11-4-2-3-7-12-11/h2-8,14H,1H3/b13-8+. The molecule has 0 aromatic carbocycles. The molecule has 0 aliphatic heterocycles. The Bertz CT molecular complexity index is 432. The van der Waals surface area contributed by atoms with E-state index in [4.69, 9.17) is 0 Å². The van der Waals surface area contributed by atoms with Gasteiger partial charge in [-0.1, -0.05) is 12.1 Å². The number of hydrogen-bond donors (Lipinski definition) is 0. The summed E-state index contributed by atoms with van der Waals surface area (Å²) in [5.41, 5.74) is 0. The molecule has 0 N–H and O–H groups in total. The SMILES string of the molecule is Cc1ccc(/C=N/c2ccccn2)[pH]1. The summed E-state index contributed by atoms with van der Waals surface area (Å²) in [6.45, 7) is 2.14. The minimum absolute atomic E-state index is 0.766. The van der Waals surface area contributed by atoms with Gasteiger partial charge in [-0.3, -0.25) is 0 Å². The molecule has 0 saturated heterocycles. The molecule has 70 valence electrons. The van der Waals surface area contributed by atoms with Gasteiger partial charge in [-0.15, -0.1) is 8.19 Å². The second-order valence-corrected chi connectivity index (χ2v) is 4.66. The first-order valence-corrected chi connectivity index (χ1v) is 5.45. The first kappa shape index (κ1) is 9.17. The molecule has 1 atom stereocenters. The lowest BCUT2D eigenvalue weighted by atomic mass is 10.4. The third-order valence-electron chi connectivity index (χ3n) is 1.84. The summed E-state index contributed by atoms with van der Waals surface area (Å²) in [6.07, 6.45) is 3.65. The number of nitrogens with zero attached hydrogens (tertiary/aromatic N) is 2. The van der Waals surface area contributed by atoms with Crippen LogP contribution >= 0.6 is 8.19 Å². The van der Waals surface area contributed by atoms with E-state index >= 15 is 0 Å². The Labute approximate surface area is 84.8 Å². The third-order valence-corrected chi connectivity index (χ3v) is 2.99. The van der Waals surface area contributed by atoms with Crippen LogP contribution in [-0.2, 0) is 0 Å². The first-order chi connectivity index (χ1) is 6.84. The average molecular weight is 202 g/mol. The van der Waals surface area contributed by atoms with Crippen molar-refractivity contribution in [3.8, 4) is 0 Å². The van der Waals surface area contributed by atoms with E-state index in [2.05, 4.69) is 29.0 Å². The number of aliphatic imine (C=N–C) groups is 1. The third kappa shape index (κ3) is 2.30. The lowest BCUT2D eigenvalue weighted by Crippen LogP contribution is -1.73. The number of aromatic nitrogens is 1. The highest BCUT2D eigenvalue weighted by atomic mass is 31.0. The van der Waals surface area contributed by atoms with E-state index in [1.165, 1.54) is 10.6 Å². The second kappa shape index (κ2) is 4.21. The Morgan fingerprint density at radius 1 is 1.29 bits per heavy atom. The van der Waals surface area contributed by atoms with Gasteiger partial charge in [-0.2, -0.15) is 0 Å². The van der Waals surface area contributed by atoms with Gasteiger partial charge in [-0.25, -0.2) is 9.98 Å². The van der Waals surface area contributed by atoms with E-state index in [1.54, 1.807) is 6.20 Å². The van der Waals surface area contributed by atoms with E-state index < -0.39 is 0 Å². The van der Waals surface area contributed by atoms with E-state index in [-0.39, 0.29) is 0 Å². The minimum Gasteiger partial charge on any atom is -0.237 e. The Kier molecular flexibility index (Phi) is 2.76. The van der Waals surface area contributed by atoms with Crippen molar-refractivity contribution in [1.82, 2.24) is 4.98 Å². The van der Waals surface area contributed by atoms with Gasteiger partial charge < -0.3 is 0 Å². The van der Waals surface area contributed by atoms with E-state index in [0.717, 1.165) is 14.0 Å². The monoisotopic (exact) mass is 202 g/mol. The summed E-state index contributed by atoms with van der Waals surface area (Å²) in [7, 11) is 0.770. The predicted octanol–water partition coefficient (Wildman–Crippen LogP) is 3.17. The van der Waals surface area contributed by atoms with Gasteiger partial charge in [0, 0.05) is 17.7 Å². The Morgan fingerprint density at radius 3 is 2.86 bits per heavy atom. The summed E-state index contributed by atoms with van der Waals surface area (Å²) in [5.74, 6) is 0.766. The molecule has 0 fully saturated rings. The lowest BCUT2D eigenvalue weighted by Gasteiger charge is -1.89. The molecule has 2 nitrogen and oxygen atoms in total. The molecule has 2 rings (SSSR count). The van der Waals surface area contributed by atoms with Crippen LogP contribution in [0.3, 0.4) is 0 Å². The van der Waals surface area contributed by atoms with Crippen LogP contribution in [0.15, 0.2) is 41.5 Å². The quantitative estimate of drug-likeness (QED) is 0.686. The largest absolute Gasteiger partial charge is 0.237 e. The maximum Gasteiger partial charge on any atom is 0.151 e. The van der Waals surface area contributed by atoms with Gasteiger partial charge in [-0.05, 0) is 30.4 Å². The number of pyridine rings is 1. The molecule has 0 amide bonds. The Balaban J connectivity index is 2.15. The van der Waals surface area contributed by atoms with Gasteiger partial charge in [0.15, 0.2) is 5.82 Å². The topological polar surface area (TPSA) is 25.2 Å². The van der Waals surface area contributed by atoms with Crippen LogP contribution in [0.1, 0.15) is 10.6 Å². The van der Waals surface area contributed by atoms with Gasteiger partial charge in [0.05, 0.1) is 0 Å². The number of rotatable bonds is 2. The minimum atomic E-state index is 0.766. The van der Waals surface area contributed by atoms with Gasteiger partial charge in [0.2, 0.25) is 0 Å². The highest BCUT2D eigenvalue weighted by molar-refractivity contribution is 7.33.